The maximum atomic E-state index is 12.3. The minimum absolute atomic E-state index is 0.163. The van der Waals surface area contributed by atoms with Gasteiger partial charge >= 0.3 is 24.1 Å². The van der Waals surface area contributed by atoms with Gasteiger partial charge in [-0.3, -0.25) is 0 Å². The van der Waals surface area contributed by atoms with Gasteiger partial charge in [-0.1, -0.05) is 158 Å². The van der Waals surface area contributed by atoms with E-state index in [1.54, 1.807) is 6.92 Å². The molecule has 0 fully saturated rings. The van der Waals surface area contributed by atoms with Gasteiger partial charge in [0.2, 0.25) is 0 Å². The molecule has 282 valence electrons. The largest absolute Gasteiger partial charge is 0.663 e. The summed E-state index contributed by atoms with van der Waals surface area (Å²) in [4.78, 5) is 12.3. The molecule has 54 heavy (non-hydrogen) atoms. The van der Waals surface area contributed by atoms with Crippen LogP contribution in [-0.2, 0) is 39.6 Å². The highest BCUT2D eigenvalue weighted by molar-refractivity contribution is 7.10. The quantitative estimate of drug-likeness (QED) is 0.0374. The van der Waals surface area contributed by atoms with E-state index >= 15 is 0 Å². The van der Waals surface area contributed by atoms with Crippen LogP contribution in [0.25, 0.3) is 0 Å². The van der Waals surface area contributed by atoms with Crippen LogP contribution < -0.4 is 25.9 Å². The first-order valence-electron chi connectivity index (χ1n) is 17.6. The third kappa shape index (κ3) is 9.05. The standard InChI is InChI=1S/C41H48O9Si4/c1-35(2)41(42)47-33-22-34-51(36-23-12-7-13-24-36,37-25-14-8-15-26-37)48-53(43-3,44-4)50-54(45-5,46-6)49-52(38-27-16-9-17-28-38,39-29-18-10-19-30-39)40-31-20-11-21-32-40/h7-21,23-32H,1,22,33-34H2,2-6H3. The molecule has 0 N–H and O–H groups in total. The molecule has 0 aromatic heterocycles. The van der Waals surface area contributed by atoms with Crippen molar-refractivity contribution in [2.45, 2.75) is 19.4 Å². The summed E-state index contributed by atoms with van der Waals surface area (Å²) in [7, 11) is -9.36. The van der Waals surface area contributed by atoms with Gasteiger partial charge in [0.25, 0.3) is 16.6 Å². The summed E-state index contributed by atoms with van der Waals surface area (Å²) in [6.45, 7) is 5.51. The van der Waals surface area contributed by atoms with Crippen molar-refractivity contribution in [1.29, 1.82) is 0 Å². The monoisotopic (exact) mass is 796 g/mol. The maximum Gasteiger partial charge on any atom is 0.663 e. The van der Waals surface area contributed by atoms with E-state index in [1.165, 1.54) is 28.4 Å². The van der Waals surface area contributed by atoms with Gasteiger partial charge in [0.15, 0.2) is 0 Å². The van der Waals surface area contributed by atoms with Crippen molar-refractivity contribution in [3.8, 4) is 0 Å². The van der Waals surface area contributed by atoms with Gasteiger partial charge in [0.05, 0.1) is 6.61 Å². The molecule has 0 saturated heterocycles. The minimum Gasteiger partial charge on any atom is -0.462 e. The molecule has 9 nitrogen and oxygen atoms in total. The normalized spacial score (nSPS) is 12.3. The summed E-state index contributed by atoms with van der Waals surface area (Å²) in [6, 6.07) is 50.7. The average molecular weight is 797 g/mol. The van der Waals surface area contributed by atoms with Crippen LogP contribution in [-0.4, -0.2) is 75.7 Å². The predicted octanol–water partition coefficient (Wildman–Crippen LogP) is 4.43. The van der Waals surface area contributed by atoms with Gasteiger partial charge in [-0.2, -0.15) is 0 Å². The molecule has 5 aromatic rings. The molecule has 0 saturated carbocycles. The first-order valence-corrected chi connectivity index (χ1v) is 24.9. The van der Waals surface area contributed by atoms with Crippen LogP contribution in [0.3, 0.4) is 0 Å². The zero-order valence-corrected chi connectivity index (χ0v) is 35.4. The molecule has 0 aliphatic carbocycles. The average Bonchev–Trinajstić information content (AvgIpc) is 3.24. The Morgan fingerprint density at radius 2 is 0.833 bits per heavy atom. The van der Waals surface area contributed by atoms with E-state index in [4.69, 9.17) is 34.8 Å². The highest BCUT2D eigenvalue weighted by atomic mass is 28.5. The second kappa shape index (κ2) is 19.0. The molecule has 0 aliphatic rings. The SMILES string of the molecule is C=C(C)C(=O)OCCC[Si](O[Si](OC)(OC)O[Si](OC)(OC)O[Si](c1ccccc1)(c1ccccc1)c1ccccc1)(c1ccccc1)c1ccccc1. The Balaban J connectivity index is 1.66. The van der Waals surface area contributed by atoms with Gasteiger partial charge in [-0.15, -0.1) is 0 Å². The van der Waals surface area contributed by atoms with Gasteiger partial charge < -0.3 is 34.8 Å². The van der Waals surface area contributed by atoms with Crippen molar-refractivity contribution in [3.05, 3.63) is 164 Å². The van der Waals surface area contributed by atoms with Crippen molar-refractivity contribution in [3.63, 3.8) is 0 Å². The molecule has 0 atom stereocenters. The number of esters is 1. The van der Waals surface area contributed by atoms with E-state index in [-0.39, 0.29) is 6.61 Å². The summed E-state index contributed by atoms with van der Waals surface area (Å²) in [5.41, 5.74) is 0.334. The molecule has 0 radical (unpaired) electrons. The van der Waals surface area contributed by atoms with Gasteiger partial charge in [-0.25, -0.2) is 4.79 Å². The van der Waals surface area contributed by atoms with Crippen LogP contribution in [0.5, 0.6) is 0 Å². The van der Waals surface area contributed by atoms with Crippen LogP contribution in [0.4, 0.5) is 0 Å². The number of ether oxygens (including phenoxy) is 1. The van der Waals surface area contributed by atoms with Crippen LogP contribution in [0.2, 0.25) is 6.04 Å². The first-order chi connectivity index (χ1) is 26.2. The number of carbonyl (C=O) groups excluding carboxylic acids is 1. The Morgan fingerprint density at radius 3 is 1.17 bits per heavy atom. The molecule has 0 aliphatic heterocycles. The molecule has 0 bridgehead atoms. The number of hydrogen-bond acceptors (Lipinski definition) is 9. The number of rotatable bonds is 20. The Bertz CT molecular complexity index is 1760. The molecular weight excluding hydrogens is 749 g/mol. The van der Waals surface area contributed by atoms with E-state index < -0.39 is 40.7 Å². The van der Waals surface area contributed by atoms with Crippen LogP contribution in [0.15, 0.2) is 164 Å². The molecule has 0 unspecified atom stereocenters. The Morgan fingerprint density at radius 1 is 0.500 bits per heavy atom. The van der Waals surface area contributed by atoms with E-state index in [0.29, 0.717) is 18.0 Å². The molecule has 0 amide bonds. The van der Waals surface area contributed by atoms with Crippen molar-refractivity contribution in [2.24, 2.45) is 0 Å². The van der Waals surface area contributed by atoms with Crippen molar-refractivity contribution in [1.82, 2.24) is 0 Å². The summed E-state index contributed by atoms with van der Waals surface area (Å²) < 4.78 is 52.6. The fourth-order valence-corrected chi connectivity index (χ4v) is 23.7. The van der Waals surface area contributed by atoms with Crippen LogP contribution in [0, 0.1) is 0 Å². The fourth-order valence-electron chi connectivity index (χ4n) is 6.44. The van der Waals surface area contributed by atoms with Crippen molar-refractivity contribution in [2.75, 3.05) is 35.0 Å². The highest BCUT2D eigenvalue weighted by Gasteiger charge is 2.64. The summed E-state index contributed by atoms with van der Waals surface area (Å²) in [6.07, 6.45) is 0.479. The molecule has 0 heterocycles. The third-order valence-electron chi connectivity index (χ3n) is 9.10. The summed E-state index contributed by atoms with van der Waals surface area (Å²) in [5.74, 6) is -0.445. The van der Waals surface area contributed by atoms with Crippen molar-refractivity contribution >= 4 is 66.6 Å². The second-order valence-corrected chi connectivity index (χ2v) is 25.0. The summed E-state index contributed by atoms with van der Waals surface area (Å²) >= 11 is 0. The lowest BCUT2D eigenvalue weighted by Gasteiger charge is -2.43. The predicted molar refractivity (Wildman–Crippen MR) is 220 cm³/mol. The topological polar surface area (TPSA) is 90.9 Å². The Kier molecular flexibility index (Phi) is 14.4. The molecule has 13 heteroatoms. The molecular formula is C41H48O9Si4. The lowest BCUT2D eigenvalue weighted by Crippen LogP contribution is -2.77. The Labute approximate surface area is 323 Å². The lowest BCUT2D eigenvalue weighted by atomic mass is 10.3. The third-order valence-corrected chi connectivity index (χ3v) is 24.8. The maximum absolute atomic E-state index is 12.3. The minimum atomic E-state index is -4.28. The van der Waals surface area contributed by atoms with Gasteiger partial charge in [0, 0.05) is 34.0 Å². The first kappa shape index (κ1) is 41.1. The van der Waals surface area contributed by atoms with Crippen LogP contribution >= 0.6 is 0 Å². The number of hydrogen-bond donors (Lipinski definition) is 0. The zero-order valence-electron chi connectivity index (χ0n) is 31.4. The second-order valence-electron chi connectivity index (χ2n) is 12.5. The lowest BCUT2D eigenvalue weighted by molar-refractivity contribution is -0.138. The zero-order chi connectivity index (χ0) is 38.5. The van der Waals surface area contributed by atoms with Crippen molar-refractivity contribution < 1.29 is 39.6 Å². The van der Waals surface area contributed by atoms with E-state index in [2.05, 4.69) is 43.0 Å². The van der Waals surface area contributed by atoms with Crippen LogP contribution in [0.1, 0.15) is 13.3 Å². The fraction of sp³-hybridized carbons (Fsp3) is 0.195. The number of benzene rings is 5. The smallest absolute Gasteiger partial charge is 0.462 e. The van der Waals surface area contributed by atoms with E-state index in [9.17, 15) is 4.79 Å². The molecule has 5 aromatic carbocycles. The molecule has 0 spiro atoms. The van der Waals surface area contributed by atoms with Gasteiger partial charge in [0.1, 0.15) is 0 Å². The Hall–Kier alpha value is -4.10. The van der Waals surface area contributed by atoms with Gasteiger partial charge in [-0.05, 0) is 45.3 Å². The molecule has 5 rings (SSSR count). The number of carbonyl (C=O) groups is 1. The highest BCUT2D eigenvalue weighted by Crippen LogP contribution is 2.29. The summed E-state index contributed by atoms with van der Waals surface area (Å²) in [5, 5.41) is 4.77. The van der Waals surface area contributed by atoms with E-state index in [0.717, 1.165) is 25.9 Å². The van der Waals surface area contributed by atoms with E-state index in [1.807, 2.05) is 115 Å².